The van der Waals surface area contributed by atoms with Crippen LogP contribution >= 0.6 is 0 Å². The van der Waals surface area contributed by atoms with E-state index in [1.807, 2.05) is 18.2 Å². The van der Waals surface area contributed by atoms with Crippen molar-refractivity contribution >= 4 is 23.3 Å². The van der Waals surface area contributed by atoms with Crippen molar-refractivity contribution in [3.63, 3.8) is 0 Å². The van der Waals surface area contributed by atoms with Crippen LogP contribution in [0.5, 0.6) is 5.75 Å². The molecule has 0 saturated heterocycles. The van der Waals surface area contributed by atoms with Gasteiger partial charge in [-0.25, -0.2) is 0 Å². The first kappa shape index (κ1) is 19.2. The number of anilines is 1. The molecule has 0 aliphatic carbocycles. The fourth-order valence-corrected chi connectivity index (χ4v) is 2.11. The number of nitrogens with one attached hydrogen (secondary N) is 1. The summed E-state index contributed by atoms with van der Waals surface area (Å²) in [6, 6.07) is 15.6. The maximum absolute atomic E-state index is 12.1. The van der Waals surface area contributed by atoms with Gasteiger partial charge >= 0.3 is 5.97 Å². The lowest BCUT2D eigenvalue weighted by Gasteiger charge is -2.14. The van der Waals surface area contributed by atoms with Crippen LogP contribution in [0.4, 0.5) is 5.69 Å². The number of carbonyl (C=O) groups is 3. The molecule has 0 aliphatic heterocycles. The van der Waals surface area contributed by atoms with Gasteiger partial charge in [0.15, 0.2) is 11.9 Å². The molecule has 136 valence electrons. The smallest absolute Gasteiger partial charge is 0.310 e. The Labute approximate surface area is 152 Å². The van der Waals surface area contributed by atoms with Gasteiger partial charge in [-0.2, -0.15) is 0 Å². The third-order valence-corrected chi connectivity index (χ3v) is 3.55. The van der Waals surface area contributed by atoms with Gasteiger partial charge in [0.25, 0.3) is 5.91 Å². The summed E-state index contributed by atoms with van der Waals surface area (Å²) >= 11 is 0. The number of rotatable bonds is 8. The third kappa shape index (κ3) is 6.05. The van der Waals surface area contributed by atoms with Crippen LogP contribution in [0.25, 0.3) is 0 Å². The van der Waals surface area contributed by atoms with Crippen molar-refractivity contribution in [1.82, 2.24) is 0 Å². The zero-order valence-corrected chi connectivity index (χ0v) is 14.7. The van der Waals surface area contributed by atoms with E-state index in [1.165, 1.54) is 13.8 Å². The van der Waals surface area contributed by atoms with Gasteiger partial charge in [-0.3, -0.25) is 14.4 Å². The minimum Gasteiger partial charge on any atom is -0.493 e. The Morgan fingerprint density at radius 3 is 2.27 bits per heavy atom. The van der Waals surface area contributed by atoms with Crippen LogP contribution in [0.2, 0.25) is 0 Å². The second kappa shape index (κ2) is 9.36. The second-order valence-corrected chi connectivity index (χ2v) is 5.67. The van der Waals surface area contributed by atoms with E-state index in [0.29, 0.717) is 17.0 Å². The molecule has 0 aliphatic rings. The number of ether oxygens (including phenoxy) is 2. The molecule has 1 unspecified atom stereocenters. The molecule has 0 heterocycles. The van der Waals surface area contributed by atoms with Crippen LogP contribution in [0.15, 0.2) is 54.6 Å². The lowest BCUT2D eigenvalue weighted by Crippen LogP contribution is -2.30. The second-order valence-electron chi connectivity index (χ2n) is 5.67. The molecule has 6 nitrogen and oxygen atoms in total. The maximum atomic E-state index is 12.1. The lowest BCUT2D eigenvalue weighted by atomic mass is 10.1. The van der Waals surface area contributed by atoms with Crippen molar-refractivity contribution in [2.45, 2.75) is 26.4 Å². The Kier molecular flexibility index (Phi) is 6.91. The van der Waals surface area contributed by atoms with E-state index in [-0.39, 0.29) is 18.8 Å². The minimum atomic E-state index is -0.938. The standard InChI is InChI=1S/C20H21NO5/c1-14(22)16-8-10-17(11-9-16)21-20(24)15(2)26-19(23)12-13-25-18-6-4-3-5-7-18/h3-11,15H,12-13H2,1-2H3,(H,21,24). The Balaban J connectivity index is 1.75. The molecule has 2 aromatic carbocycles. The Morgan fingerprint density at radius 2 is 1.65 bits per heavy atom. The summed E-state index contributed by atoms with van der Waals surface area (Å²) in [6.07, 6.45) is -0.897. The number of esters is 1. The predicted octanol–water partition coefficient (Wildman–Crippen LogP) is 3.23. The van der Waals surface area contributed by atoms with Gasteiger partial charge in [-0.15, -0.1) is 0 Å². The summed E-state index contributed by atoms with van der Waals surface area (Å²) < 4.78 is 10.5. The van der Waals surface area contributed by atoms with Gasteiger partial charge in [-0.05, 0) is 50.2 Å². The number of para-hydroxylation sites is 1. The number of ketones is 1. The summed E-state index contributed by atoms with van der Waals surface area (Å²) in [5, 5.41) is 2.64. The fourth-order valence-electron chi connectivity index (χ4n) is 2.11. The Morgan fingerprint density at radius 1 is 1.00 bits per heavy atom. The topological polar surface area (TPSA) is 81.7 Å². The zero-order valence-electron chi connectivity index (χ0n) is 14.7. The first-order chi connectivity index (χ1) is 12.5. The molecule has 2 rings (SSSR count). The van der Waals surface area contributed by atoms with Gasteiger partial charge in [-0.1, -0.05) is 18.2 Å². The van der Waals surface area contributed by atoms with Crippen molar-refractivity contribution < 1.29 is 23.9 Å². The Hall–Kier alpha value is -3.15. The van der Waals surface area contributed by atoms with Crippen molar-refractivity contribution in [2.24, 2.45) is 0 Å². The summed E-state index contributed by atoms with van der Waals surface area (Å²) in [5.41, 5.74) is 1.08. The number of carbonyl (C=O) groups excluding carboxylic acids is 3. The van der Waals surface area contributed by atoms with Crippen molar-refractivity contribution in [3.05, 3.63) is 60.2 Å². The van der Waals surface area contributed by atoms with E-state index in [4.69, 9.17) is 9.47 Å². The molecule has 0 spiro atoms. The number of hydrogen-bond acceptors (Lipinski definition) is 5. The highest BCUT2D eigenvalue weighted by atomic mass is 16.5. The Bertz CT molecular complexity index is 756. The molecule has 0 saturated carbocycles. The molecule has 26 heavy (non-hydrogen) atoms. The highest BCUT2D eigenvalue weighted by molar-refractivity contribution is 5.97. The number of benzene rings is 2. The molecule has 1 atom stereocenters. The van der Waals surface area contributed by atoms with E-state index in [2.05, 4.69) is 5.32 Å². The number of amides is 1. The van der Waals surface area contributed by atoms with Gasteiger partial charge in [0, 0.05) is 11.3 Å². The SMILES string of the molecule is CC(=O)c1ccc(NC(=O)C(C)OC(=O)CCOc2ccccc2)cc1. The van der Waals surface area contributed by atoms with Crippen LogP contribution in [-0.4, -0.2) is 30.4 Å². The van der Waals surface area contributed by atoms with Crippen molar-refractivity contribution in [3.8, 4) is 5.75 Å². The normalized spacial score (nSPS) is 11.3. The van der Waals surface area contributed by atoms with E-state index >= 15 is 0 Å². The van der Waals surface area contributed by atoms with Crippen LogP contribution < -0.4 is 10.1 Å². The molecule has 0 aromatic heterocycles. The van der Waals surface area contributed by atoms with Crippen LogP contribution in [0, 0.1) is 0 Å². The van der Waals surface area contributed by atoms with Crippen LogP contribution in [0.1, 0.15) is 30.6 Å². The van der Waals surface area contributed by atoms with Crippen molar-refractivity contribution in [1.29, 1.82) is 0 Å². The molecular weight excluding hydrogens is 334 g/mol. The van der Waals surface area contributed by atoms with E-state index in [9.17, 15) is 14.4 Å². The molecular formula is C20H21NO5. The third-order valence-electron chi connectivity index (χ3n) is 3.55. The average Bonchev–Trinajstić information content (AvgIpc) is 2.63. The maximum Gasteiger partial charge on any atom is 0.310 e. The molecule has 1 N–H and O–H groups in total. The summed E-state index contributed by atoms with van der Waals surface area (Å²) in [5.74, 6) is -0.351. The van der Waals surface area contributed by atoms with Crippen molar-refractivity contribution in [2.75, 3.05) is 11.9 Å². The zero-order chi connectivity index (χ0) is 18.9. The van der Waals surface area contributed by atoms with E-state index in [0.717, 1.165) is 0 Å². The summed E-state index contributed by atoms with van der Waals surface area (Å²) in [7, 11) is 0. The van der Waals surface area contributed by atoms with Gasteiger partial charge in [0.1, 0.15) is 5.75 Å². The lowest BCUT2D eigenvalue weighted by molar-refractivity contribution is -0.153. The molecule has 0 bridgehead atoms. The highest BCUT2D eigenvalue weighted by Gasteiger charge is 2.18. The molecule has 2 aromatic rings. The molecule has 6 heteroatoms. The molecule has 0 radical (unpaired) electrons. The quantitative estimate of drug-likeness (QED) is 0.581. The van der Waals surface area contributed by atoms with Gasteiger partial charge < -0.3 is 14.8 Å². The molecule has 0 fully saturated rings. The predicted molar refractivity (Wildman–Crippen MR) is 97.2 cm³/mol. The molecule has 1 amide bonds. The van der Waals surface area contributed by atoms with Gasteiger partial charge in [0.2, 0.25) is 0 Å². The van der Waals surface area contributed by atoms with E-state index in [1.54, 1.807) is 36.4 Å². The van der Waals surface area contributed by atoms with Crippen LogP contribution in [-0.2, 0) is 14.3 Å². The number of Topliss-reactive ketones (excluding diaryl/α,β-unsaturated/α-hetero) is 1. The highest BCUT2D eigenvalue weighted by Crippen LogP contribution is 2.12. The average molecular weight is 355 g/mol. The van der Waals surface area contributed by atoms with Gasteiger partial charge in [0.05, 0.1) is 13.0 Å². The summed E-state index contributed by atoms with van der Waals surface area (Å²) in [4.78, 5) is 35.1. The first-order valence-corrected chi connectivity index (χ1v) is 8.25. The van der Waals surface area contributed by atoms with E-state index < -0.39 is 18.0 Å². The first-order valence-electron chi connectivity index (χ1n) is 8.25. The summed E-state index contributed by atoms with van der Waals surface area (Å²) in [6.45, 7) is 3.13. The fraction of sp³-hybridized carbons (Fsp3) is 0.250. The number of hydrogen-bond donors (Lipinski definition) is 1. The van der Waals surface area contributed by atoms with Crippen LogP contribution in [0.3, 0.4) is 0 Å². The monoisotopic (exact) mass is 355 g/mol. The largest absolute Gasteiger partial charge is 0.493 e. The minimum absolute atomic E-state index is 0.0415.